The number of rotatable bonds is 6. The van der Waals surface area contributed by atoms with Crippen molar-refractivity contribution in [2.24, 2.45) is 0 Å². The van der Waals surface area contributed by atoms with Gasteiger partial charge < -0.3 is 4.74 Å². The molecule has 0 aliphatic heterocycles. The molecule has 0 heterocycles. The summed E-state index contributed by atoms with van der Waals surface area (Å²) in [5, 5.41) is 8.73. The summed E-state index contributed by atoms with van der Waals surface area (Å²) in [5.41, 5.74) is -0.294. The zero-order chi connectivity index (χ0) is 15.3. The van der Waals surface area contributed by atoms with Crippen LogP contribution in [0, 0.1) is 17.1 Å². The minimum Gasteiger partial charge on any atom is -0.377 e. The third-order valence-electron chi connectivity index (χ3n) is 2.62. The number of hydrogen-bond acceptors (Lipinski definition) is 4. The van der Waals surface area contributed by atoms with Gasteiger partial charge in [0.1, 0.15) is 11.9 Å². The van der Waals surface area contributed by atoms with E-state index in [0.717, 1.165) is 22.5 Å². The lowest BCUT2D eigenvalue weighted by atomic mass is 10.2. The minimum atomic E-state index is -3.75. The topological polar surface area (TPSA) is 70.4 Å². The summed E-state index contributed by atoms with van der Waals surface area (Å²) < 4.78 is 44.1. The first kappa shape index (κ1) is 16.6. The Bertz CT molecular complexity index is 609. The van der Waals surface area contributed by atoms with Crippen molar-refractivity contribution < 1.29 is 17.5 Å². The van der Waals surface area contributed by atoms with Crippen LogP contribution in [-0.4, -0.2) is 39.0 Å². The molecule has 0 fully saturated rings. The van der Waals surface area contributed by atoms with E-state index in [1.807, 2.05) is 13.8 Å². The lowest BCUT2D eigenvalue weighted by Crippen LogP contribution is -2.31. The molecule has 1 rings (SSSR count). The summed E-state index contributed by atoms with van der Waals surface area (Å²) in [6.07, 6.45) is 0.0158. The number of likely N-dealkylation sites (N-methyl/N-ethyl adjacent to an activating group) is 1. The Morgan fingerprint density at radius 2 is 2.10 bits per heavy atom. The van der Waals surface area contributed by atoms with Crippen molar-refractivity contribution in [3.05, 3.63) is 29.6 Å². The third-order valence-corrected chi connectivity index (χ3v) is 4.48. The van der Waals surface area contributed by atoms with E-state index in [-0.39, 0.29) is 29.7 Å². The fourth-order valence-corrected chi connectivity index (χ4v) is 2.65. The second-order valence-electron chi connectivity index (χ2n) is 4.50. The molecule has 5 nitrogen and oxygen atoms in total. The smallest absolute Gasteiger partial charge is 0.242 e. The van der Waals surface area contributed by atoms with Gasteiger partial charge in [0.2, 0.25) is 10.0 Å². The molecule has 1 aromatic carbocycles. The van der Waals surface area contributed by atoms with Gasteiger partial charge in [0.05, 0.1) is 23.2 Å². The first-order valence-electron chi connectivity index (χ1n) is 6.06. The molecule has 1 aromatic rings. The SMILES string of the molecule is CC(C)OCCN(C)S(=O)(=O)c1ccc(F)c(C#N)c1. The van der Waals surface area contributed by atoms with Crippen LogP contribution >= 0.6 is 0 Å². The van der Waals surface area contributed by atoms with Gasteiger partial charge in [-0.2, -0.15) is 9.57 Å². The number of sulfonamides is 1. The highest BCUT2D eigenvalue weighted by Gasteiger charge is 2.21. The van der Waals surface area contributed by atoms with Crippen LogP contribution in [0.15, 0.2) is 23.1 Å². The van der Waals surface area contributed by atoms with E-state index in [1.54, 1.807) is 6.07 Å². The van der Waals surface area contributed by atoms with Crippen LogP contribution < -0.4 is 0 Å². The molecule has 0 atom stereocenters. The molecule has 0 aliphatic carbocycles. The Balaban J connectivity index is 2.91. The third kappa shape index (κ3) is 4.00. The van der Waals surface area contributed by atoms with Crippen LogP contribution in [0.3, 0.4) is 0 Å². The monoisotopic (exact) mass is 300 g/mol. The van der Waals surface area contributed by atoms with E-state index in [4.69, 9.17) is 10.00 Å². The van der Waals surface area contributed by atoms with Gasteiger partial charge in [-0.1, -0.05) is 0 Å². The molecule has 0 radical (unpaired) electrons. The average Bonchev–Trinajstić information content (AvgIpc) is 2.38. The maximum absolute atomic E-state index is 13.2. The van der Waals surface area contributed by atoms with Crippen LogP contribution in [-0.2, 0) is 14.8 Å². The van der Waals surface area contributed by atoms with E-state index < -0.39 is 15.8 Å². The minimum absolute atomic E-state index is 0.0158. The highest BCUT2D eigenvalue weighted by Crippen LogP contribution is 2.17. The summed E-state index contributed by atoms with van der Waals surface area (Å²) in [7, 11) is -2.34. The van der Waals surface area contributed by atoms with Crippen molar-refractivity contribution in [2.75, 3.05) is 20.2 Å². The summed E-state index contributed by atoms with van der Waals surface area (Å²) in [6, 6.07) is 4.77. The largest absolute Gasteiger partial charge is 0.377 e. The van der Waals surface area contributed by atoms with E-state index >= 15 is 0 Å². The van der Waals surface area contributed by atoms with Gasteiger partial charge in [-0.25, -0.2) is 12.8 Å². The number of benzene rings is 1. The molecule has 0 amide bonds. The molecular formula is C13H17FN2O3S. The van der Waals surface area contributed by atoms with Crippen molar-refractivity contribution in [1.82, 2.24) is 4.31 Å². The van der Waals surface area contributed by atoms with Gasteiger partial charge in [-0.3, -0.25) is 0 Å². The van der Waals surface area contributed by atoms with Gasteiger partial charge in [-0.05, 0) is 32.0 Å². The standard InChI is InChI=1S/C13H17FN2O3S/c1-10(2)19-7-6-16(3)20(17,18)12-4-5-13(14)11(8-12)9-15/h4-5,8,10H,6-7H2,1-3H3. The zero-order valence-corrected chi connectivity index (χ0v) is 12.4. The molecule has 0 spiro atoms. The zero-order valence-electron chi connectivity index (χ0n) is 11.6. The number of hydrogen-bond donors (Lipinski definition) is 0. The number of nitriles is 1. The molecule has 0 aliphatic rings. The molecule has 0 aromatic heterocycles. The summed E-state index contributed by atoms with van der Waals surface area (Å²) in [4.78, 5) is -0.109. The van der Waals surface area contributed by atoms with E-state index in [2.05, 4.69) is 0 Å². The normalized spacial score (nSPS) is 11.8. The van der Waals surface area contributed by atoms with Crippen molar-refractivity contribution in [3.63, 3.8) is 0 Å². The summed E-state index contributed by atoms with van der Waals surface area (Å²) >= 11 is 0. The fourth-order valence-electron chi connectivity index (χ4n) is 1.47. The highest BCUT2D eigenvalue weighted by molar-refractivity contribution is 7.89. The predicted molar refractivity (Wildman–Crippen MR) is 72.0 cm³/mol. The molecule has 0 N–H and O–H groups in total. The number of nitrogens with zero attached hydrogens (tertiary/aromatic N) is 2. The Labute approximate surface area is 118 Å². The van der Waals surface area contributed by atoms with Gasteiger partial charge in [-0.15, -0.1) is 0 Å². The first-order chi connectivity index (χ1) is 9.28. The van der Waals surface area contributed by atoms with Crippen LogP contribution in [0.1, 0.15) is 19.4 Å². The molecule has 110 valence electrons. The molecule has 7 heteroatoms. The maximum atomic E-state index is 13.2. The highest BCUT2D eigenvalue weighted by atomic mass is 32.2. The van der Waals surface area contributed by atoms with Gasteiger partial charge in [0.25, 0.3) is 0 Å². The molecule has 20 heavy (non-hydrogen) atoms. The van der Waals surface area contributed by atoms with Crippen molar-refractivity contribution >= 4 is 10.0 Å². The molecule has 0 saturated carbocycles. The van der Waals surface area contributed by atoms with Crippen LogP contribution in [0.2, 0.25) is 0 Å². The number of halogens is 1. The number of ether oxygens (including phenoxy) is 1. The fraction of sp³-hybridized carbons (Fsp3) is 0.462. The molecule has 0 bridgehead atoms. The van der Waals surface area contributed by atoms with Crippen LogP contribution in [0.4, 0.5) is 4.39 Å². The maximum Gasteiger partial charge on any atom is 0.242 e. The molecule has 0 unspecified atom stereocenters. The Morgan fingerprint density at radius 1 is 1.45 bits per heavy atom. The summed E-state index contributed by atoms with van der Waals surface area (Å²) in [6.45, 7) is 4.15. The van der Waals surface area contributed by atoms with Crippen LogP contribution in [0.5, 0.6) is 0 Å². The lowest BCUT2D eigenvalue weighted by molar-refractivity contribution is 0.0737. The van der Waals surface area contributed by atoms with Gasteiger partial charge >= 0.3 is 0 Å². The van der Waals surface area contributed by atoms with E-state index in [0.29, 0.717) is 0 Å². The quantitative estimate of drug-likeness (QED) is 0.802. The Hall–Kier alpha value is -1.49. The second kappa shape index (κ2) is 6.79. The molecular weight excluding hydrogens is 283 g/mol. The van der Waals surface area contributed by atoms with E-state index in [1.165, 1.54) is 7.05 Å². The molecule has 0 saturated heterocycles. The first-order valence-corrected chi connectivity index (χ1v) is 7.50. The Morgan fingerprint density at radius 3 is 2.65 bits per heavy atom. The van der Waals surface area contributed by atoms with Crippen molar-refractivity contribution in [2.45, 2.75) is 24.8 Å². The summed E-state index contributed by atoms with van der Waals surface area (Å²) in [5.74, 6) is -0.739. The second-order valence-corrected chi connectivity index (χ2v) is 6.54. The van der Waals surface area contributed by atoms with Crippen molar-refractivity contribution in [1.29, 1.82) is 5.26 Å². The van der Waals surface area contributed by atoms with Gasteiger partial charge in [0.15, 0.2) is 0 Å². The Kier molecular flexibility index (Phi) is 5.62. The van der Waals surface area contributed by atoms with Gasteiger partial charge in [0, 0.05) is 13.6 Å². The van der Waals surface area contributed by atoms with E-state index in [9.17, 15) is 12.8 Å². The lowest BCUT2D eigenvalue weighted by Gasteiger charge is -2.18. The van der Waals surface area contributed by atoms with Crippen molar-refractivity contribution in [3.8, 4) is 6.07 Å². The predicted octanol–water partition coefficient (Wildman–Crippen LogP) is 1.74. The van der Waals surface area contributed by atoms with Crippen LogP contribution in [0.25, 0.3) is 0 Å². The average molecular weight is 300 g/mol.